The van der Waals surface area contributed by atoms with E-state index >= 15 is 0 Å². The van der Waals surface area contributed by atoms with E-state index in [0.717, 1.165) is 24.7 Å². The summed E-state index contributed by atoms with van der Waals surface area (Å²) in [5, 5.41) is 0. The summed E-state index contributed by atoms with van der Waals surface area (Å²) in [5.74, 6) is 1.97. The second kappa shape index (κ2) is 5.40. The number of hydrogen-bond donors (Lipinski definition) is 1. The van der Waals surface area contributed by atoms with Gasteiger partial charge < -0.3 is 10.5 Å². The minimum atomic E-state index is 0.122. The van der Waals surface area contributed by atoms with E-state index < -0.39 is 0 Å². The molecule has 2 N–H and O–H groups in total. The Morgan fingerprint density at radius 1 is 1.30 bits per heavy atom. The van der Waals surface area contributed by atoms with Crippen LogP contribution in [0.15, 0.2) is 18.2 Å². The molecule has 0 spiro atoms. The third-order valence-corrected chi connectivity index (χ3v) is 5.11. The fraction of sp³-hybridized carbons (Fsp3) is 0.667. The van der Waals surface area contributed by atoms with Gasteiger partial charge in [0.1, 0.15) is 5.75 Å². The Balaban J connectivity index is 1.67. The van der Waals surface area contributed by atoms with E-state index in [4.69, 9.17) is 10.5 Å². The molecule has 3 rings (SSSR count). The van der Waals surface area contributed by atoms with Crippen LogP contribution in [0.5, 0.6) is 5.75 Å². The molecule has 1 aliphatic heterocycles. The molecule has 2 nitrogen and oxygen atoms in total. The molecule has 2 heteroatoms. The fourth-order valence-corrected chi connectivity index (χ4v) is 3.65. The summed E-state index contributed by atoms with van der Waals surface area (Å²) >= 11 is 0. The molecule has 110 valence electrons. The second-order valence-electron chi connectivity index (χ2n) is 7.26. The molecule has 0 saturated heterocycles. The zero-order chi connectivity index (χ0) is 14.2. The summed E-state index contributed by atoms with van der Waals surface area (Å²) in [4.78, 5) is 0. The number of rotatable bonds is 4. The van der Waals surface area contributed by atoms with Crippen LogP contribution >= 0.6 is 0 Å². The van der Waals surface area contributed by atoms with Gasteiger partial charge in [-0.05, 0) is 36.5 Å². The van der Waals surface area contributed by atoms with Gasteiger partial charge in [-0.1, -0.05) is 45.6 Å². The number of nitrogens with two attached hydrogens (primary N) is 1. The summed E-state index contributed by atoms with van der Waals surface area (Å²) in [6.45, 7) is 5.27. The molecule has 1 aromatic carbocycles. The molecule has 2 aliphatic rings. The topological polar surface area (TPSA) is 35.2 Å². The van der Waals surface area contributed by atoms with Crippen LogP contribution in [0.2, 0.25) is 0 Å². The Kier molecular flexibility index (Phi) is 3.76. The van der Waals surface area contributed by atoms with Gasteiger partial charge in [-0.3, -0.25) is 0 Å². The van der Waals surface area contributed by atoms with Crippen LogP contribution < -0.4 is 10.5 Å². The fourth-order valence-electron chi connectivity index (χ4n) is 3.65. The van der Waals surface area contributed by atoms with Crippen molar-refractivity contribution in [2.45, 2.75) is 63.8 Å². The average Bonchev–Trinajstić information content (AvgIpc) is 3.04. The highest BCUT2D eigenvalue weighted by molar-refractivity contribution is 5.45. The van der Waals surface area contributed by atoms with Crippen LogP contribution in [0, 0.1) is 5.92 Å². The highest BCUT2D eigenvalue weighted by atomic mass is 16.5. The first-order valence-corrected chi connectivity index (χ1v) is 8.09. The Hall–Kier alpha value is -1.02. The zero-order valence-corrected chi connectivity index (χ0v) is 12.8. The molecule has 1 fully saturated rings. The maximum Gasteiger partial charge on any atom is 0.123 e. The molecule has 0 radical (unpaired) electrons. The van der Waals surface area contributed by atoms with Crippen molar-refractivity contribution in [1.82, 2.24) is 0 Å². The molecule has 1 saturated carbocycles. The Morgan fingerprint density at radius 3 is 2.80 bits per heavy atom. The molecule has 0 bridgehead atoms. The van der Waals surface area contributed by atoms with E-state index in [1.807, 2.05) is 0 Å². The lowest BCUT2D eigenvalue weighted by atomic mass is 9.85. The van der Waals surface area contributed by atoms with Crippen LogP contribution in [0.25, 0.3) is 0 Å². The van der Waals surface area contributed by atoms with Crippen molar-refractivity contribution in [2.75, 3.05) is 6.61 Å². The van der Waals surface area contributed by atoms with Crippen LogP contribution in [-0.2, 0) is 5.41 Å². The third kappa shape index (κ3) is 2.71. The van der Waals surface area contributed by atoms with Gasteiger partial charge in [0.05, 0.1) is 6.61 Å². The van der Waals surface area contributed by atoms with Crippen molar-refractivity contribution in [3.05, 3.63) is 29.3 Å². The van der Waals surface area contributed by atoms with Gasteiger partial charge in [0.15, 0.2) is 0 Å². The number of fused-ring (bicyclic) bond motifs is 1. The molecular weight excluding hydrogens is 246 g/mol. The first-order valence-electron chi connectivity index (χ1n) is 8.09. The van der Waals surface area contributed by atoms with Crippen LogP contribution in [-0.4, -0.2) is 6.61 Å². The van der Waals surface area contributed by atoms with Gasteiger partial charge in [-0.2, -0.15) is 0 Å². The summed E-state index contributed by atoms with van der Waals surface area (Å²) in [7, 11) is 0. The lowest BCUT2D eigenvalue weighted by Gasteiger charge is -2.19. The molecule has 0 amide bonds. The van der Waals surface area contributed by atoms with E-state index in [1.165, 1.54) is 43.2 Å². The minimum Gasteiger partial charge on any atom is -0.492 e. The van der Waals surface area contributed by atoms with Crippen molar-refractivity contribution in [2.24, 2.45) is 11.7 Å². The number of ether oxygens (including phenoxy) is 1. The van der Waals surface area contributed by atoms with E-state index in [2.05, 4.69) is 32.0 Å². The lowest BCUT2D eigenvalue weighted by molar-refractivity contribution is 0.291. The lowest BCUT2D eigenvalue weighted by Crippen LogP contribution is -2.19. The standard InChI is InChI=1S/C18H27NO/c1-18(2)12-20-17-10-8-14(11-15(17)18)16(19)9-7-13-5-3-4-6-13/h8,10-11,13,16H,3-7,9,12,19H2,1-2H3. The summed E-state index contributed by atoms with van der Waals surface area (Å²) in [6.07, 6.45) is 8.08. The minimum absolute atomic E-state index is 0.122. The Morgan fingerprint density at radius 2 is 2.05 bits per heavy atom. The van der Waals surface area contributed by atoms with Gasteiger partial charge in [-0.15, -0.1) is 0 Å². The number of hydrogen-bond acceptors (Lipinski definition) is 2. The summed E-state index contributed by atoms with van der Waals surface area (Å²) in [6, 6.07) is 6.72. The molecule has 1 heterocycles. The van der Waals surface area contributed by atoms with Crippen molar-refractivity contribution >= 4 is 0 Å². The highest BCUT2D eigenvalue weighted by Gasteiger charge is 2.32. The highest BCUT2D eigenvalue weighted by Crippen LogP contribution is 2.40. The molecule has 1 atom stereocenters. The van der Waals surface area contributed by atoms with Crippen LogP contribution in [0.3, 0.4) is 0 Å². The van der Waals surface area contributed by atoms with Gasteiger partial charge in [0.25, 0.3) is 0 Å². The molecule has 1 aromatic rings. The van der Waals surface area contributed by atoms with E-state index in [9.17, 15) is 0 Å². The predicted octanol–water partition coefficient (Wildman–Crippen LogP) is 4.33. The summed E-state index contributed by atoms with van der Waals surface area (Å²) in [5.41, 5.74) is 9.14. The maximum absolute atomic E-state index is 6.41. The van der Waals surface area contributed by atoms with E-state index in [1.54, 1.807) is 0 Å². The first-order chi connectivity index (χ1) is 9.56. The van der Waals surface area contributed by atoms with Gasteiger partial charge in [0.2, 0.25) is 0 Å². The molecule has 1 unspecified atom stereocenters. The summed E-state index contributed by atoms with van der Waals surface area (Å²) < 4.78 is 5.75. The smallest absolute Gasteiger partial charge is 0.123 e. The Labute approximate surface area is 122 Å². The van der Waals surface area contributed by atoms with Crippen LogP contribution in [0.4, 0.5) is 0 Å². The normalized spacial score (nSPS) is 22.6. The second-order valence-corrected chi connectivity index (χ2v) is 7.26. The third-order valence-electron chi connectivity index (χ3n) is 5.11. The van der Waals surface area contributed by atoms with E-state index in [-0.39, 0.29) is 11.5 Å². The van der Waals surface area contributed by atoms with Crippen molar-refractivity contribution in [3.63, 3.8) is 0 Å². The van der Waals surface area contributed by atoms with Crippen molar-refractivity contribution in [1.29, 1.82) is 0 Å². The van der Waals surface area contributed by atoms with Crippen LogP contribution in [0.1, 0.15) is 69.5 Å². The Bertz CT molecular complexity index is 474. The molecule has 0 aromatic heterocycles. The van der Waals surface area contributed by atoms with Gasteiger partial charge in [-0.25, -0.2) is 0 Å². The van der Waals surface area contributed by atoms with Gasteiger partial charge >= 0.3 is 0 Å². The quantitative estimate of drug-likeness (QED) is 0.886. The largest absolute Gasteiger partial charge is 0.492 e. The first kappa shape index (κ1) is 13.9. The van der Waals surface area contributed by atoms with Crippen molar-refractivity contribution in [3.8, 4) is 5.75 Å². The zero-order valence-electron chi connectivity index (χ0n) is 12.8. The molecule has 20 heavy (non-hydrogen) atoms. The van der Waals surface area contributed by atoms with E-state index in [0.29, 0.717) is 0 Å². The van der Waals surface area contributed by atoms with Gasteiger partial charge in [0, 0.05) is 17.0 Å². The predicted molar refractivity (Wildman–Crippen MR) is 83.1 cm³/mol. The monoisotopic (exact) mass is 273 g/mol. The molecular formula is C18H27NO. The number of benzene rings is 1. The molecule has 1 aliphatic carbocycles. The average molecular weight is 273 g/mol. The SMILES string of the molecule is CC1(C)COc2ccc(C(N)CCC3CCCC3)cc21. The maximum atomic E-state index is 6.41. The van der Waals surface area contributed by atoms with Crippen molar-refractivity contribution < 1.29 is 4.74 Å².